The Balaban J connectivity index is 1.55. The average Bonchev–Trinajstić information content (AvgIpc) is 2.67. The van der Waals surface area contributed by atoms with Crippen LogP contribution in [0.5, 0.6) is 11.5 Å². The molecule has 0 spiro atoms. The molecule has 1 atom stereocenters. The highest BCUT2D eigenvalue weighted by Crippen LogP contribution is 2.22. The van der Waals surface area contributed by atoms with Crippen molar-refractivity contribution in [3.05, 3.63) is 53.6 Å². The molecule has 2 aromatic carbocycles. The van der Waals surface area contributed by atoms with E-state index in [0.29, 0.717) is 13.1 Å². The van der Waals surface area contributed by atoms with Gasteiger partial charge in [0.2, 0.25) is 0 Å². The van der Waals surface area contributed by atoms with Gasteiger partial charge in [-0.1, -0.05) is 6.07 Å². The second-order valence-corrected chi connectivity index (χ2v) is 7.09. The Morgan fingerprint density at radius 3 is 2.07 bits per heavy atom. The molecular formula is C22H28N2O3. The fourth-order valence-corrected chi connectivity index (χ4v) is 3.49. The Morgan fingerprint density at radius 1 is 0.926 bits per heavy atom. The third-order valence-corrected chi connectivity index (χ3v) is 4.88. The fraction of sp³-hybridized carbons (Fsp3) is 0.409. The molecule has 0 unspecified atom stereocenters. The van der Waals surface area contributed by atoms with Crippen LogP contribution in [-0.4, -0.2) is 50.2 Å². The number of hydrogen-bond acceptors (Lipinski definition) is 4. The van der Waals surface area contributed by atoms with Gasteiger partial charge in [-0.25, -0.2) is 0 Å². The first-order chi connectivity index (χ1) is 13.0. The Morgan fingerprint density at radius 2 is 1.52 bits per heavy atom. The molecule has 2 aromatic rings. The zero-order valence-electron chi connectivity index (χ0n) is 16.6. The van der Waals surface area contributed by atoms with E-state index in [4.69, 9.17) is 9.47 Å². The van der Waals surface area contributed by atoms with Crippen LogP contribution in [0, 0.1) is 13.8 Å². The van der Waals surface area contributed by atoms with Gasteiger partial charge < -0.3 is 19.3 Å². The number of nitrogens with zero attached hydrogens (tertiary/aromatic N) is 2. The molecule has 3 rings (SSSR count). The lowest BCUT2D eigenvalue weighted by Crippen LogP contribution is -2.52. The van der Waals surface area contributed by atoms with Crippen LogP contribution < -0.4 is 14.4 Å². The molecular weight excluding hydrogens is 340 g/mol. The molecule has 0 saturated carbocycles. The number of amides is 1. The van der Waals surface area contributed by atoms with E-state index in [1.165, 1.54) is 0 Å². The highest BCUT2D eigenvalue weighted by Gasteiger charge is 2.26. The molecule has 0 aliphatic carbocycles. The van der Waals surface area contributed by atoms with Crippen LogP contribution in [0.2, 0.25) is 0 Å². The van der Waals surface area contributed by atoms with Crippen molar-refractivity contribution in [3.63, 3.8) is 0 Å². The third kappa shape index (κ3) is 4.73. The average molecular weight is 368 g/mol. The Labute approximate surface area is 161 Å². The van der Waals surface area contributed by atoms with Crippen molar-refractivity contribution < 1.29 is 14.3 Å². The van der Waals surface area contributed by atoms with Crippen molar-refractivity contribution >= 4 is 11.6 Å². The molecule has 0 bridgehead atoms. The van der Waals surface area contributed by atoms with Gasteiger partial charge in [-0.3, -0.25) is 4.79 Å². The van der Waals surface area contributed by atoms with Gasteiger partial charge in [0, 0.05) is 31.9 Å². The molecule has 144 valence electrons. The van der Waals surface area contributed by atoms with Crippen LogP contribution in [0.1, 0.15) is 18.1 Å². The fourth-order valence-electron chi connectivity index (χ4n) is 3.49. The molecule has 5 nitrogen and oxygen atoms in total. The molecule has 1 saturated heterocycles. The number of rotatable bonds is 5. The molecule has 0 aromatic heterocycles. The second kappa shape index (κ2) is 8.33. The number of ether oxygens (including phenoxy) is 2. The van der Waals surface area contributed by atoms with Crippen molar-refractivity contribution in [2.75, 3.05) is 38.2 Å². The zero-order chi connectivity index (χ0) is 19.4. The highest BCUT2D eigenvalue weighted by molar-refractivity contribution is 5.81. The minimum absolute atomic E-state index is 0.0449. The minimum Gasteiger partial charge on any atom is -0.497 e. The molecule has 0 N–H and O–H groups in total. The molecule has 1 aliphatic rings. The summed E-state index contributed by atoms with van der Waals surface area (Å²) in [6, 6.07) is 14.1. The van der Waals surface area contributed by atoms with Gasteiger partial charge in [0.05, 0.1) is 7.11 Å². The number of carbonyl (C=O) groups is 1. The molecule has 1 amide bonds. The van der Waals surface area contributed by atoms with Crippen LogP contribution in [0.4, 0.5) is 5.69 Å². The second-order valence-electron chi connectivity index (χ2n) is 7.09. The van der Waals surface area contributed by atoms with E-state index in [1.54, 1.807) is 7.11 Å². The maximum Gasteiger partial charge on any atom is 0.263 e. The first kappa shape index (κ1) is 19.1. The van der Waals surface area contributed by atoms with Crippen molar-refractivity contribution in [1.82, 2.24) is 4.90 Å². The summed E-state index contributed by atoms with van der Waals surface area (Å²) in [5.41, 5.74) is 3.43. The number of aryl methyl sites for hydroxylation is 2. The predicted molar refractivity (Wildman–Crippen MR) is 108 cm³/mol. The summed E-state index contributed by atoms with van der Waals surface area (Å²) in [6.45, 7) is 8.92. The van der Waals surface area contributed by atoms with E-state index in [-0.39, 0.29) is 5.91 Å². The first-order valence-electron chi connectivity index (χ1n) is 9.39. The predicted octanol–water partition coefficient (Wildman–Crippen LogP) is 3.43. The Hall–Kier alpha value is -2.69. The number of anilines is 1. The Bertz CT molecular complexity index is 760. The van der Waals surface area contributed by atoms with Gasteiger partial charge in [-0.15, -0.1) is 0 Å². The summed E-state index contributed by atoms with van der Waals surface area (Å²) in [5.74, 6) is 1.65. The molecule has 1 fully saturated rings. The Kier molecular flexibility index (Phi) is 5.89. The smallest absolute Gasteiger partial charge is 0.263 e. The van der Waals surface area contributed by atoms with Gasteiger partial charge in [0.15, 0.2) is 6.10 Å². The lowest BCUT2D eigenvalue weighted by atomic mass is 10.1. The number of carbonyl (C=O) groups excluding carboxylic acids is 1. The van der Waals surface area contributed by atoms with Gasteiger partial charge >= 0.3 is 0 Å². The minimum atomic E-state index is -0.487. The summed E-state index contributed by atoms with van der Waals surface area (Å²) in [5, 5.41) is 0. The highest BCUT2D eigenvalue weighted by atomic mass is 16.5. The molecule has 5 heteroatoms. The monoisotopic (exact) mass is 368 g/mol. The van der Waals surface area contributed by atoms with Crippen LogP contribution in [0.3, 0.4) is 0 Å². The van der Waals surface area contributed by atoms with E-state index in [0.717, 1.165) is 41.4 Å². The molecule has 1 aliphatic heterocycles. The van der Waals surface area contributed by atoms with Crippen LogP contribution in [0.25, 0.3) is 0 Å². The standard InChI is InChI=1S/C22H28N2O3/c1-16-13-17(2)15-21(14-16)27-18(3)22(25)24-11-9-23(10-12-24)19-5-7-20(26-4)8-6-19/h5-8,13-15,18H,9-12H2,1-4H3/t18-/m1/s1. The lowest BCUT2D eigenvalue weighted by Gasteiger charge is -2.37. The summed E-state index contributed by atoms with van der Waals surface area (Å²) in [7, 11) is 1.67. The van der Waals surface area contributed by atoms with Gasteiger partial charge in [-0.05, 0) is 68.3 Å². The van der Waals surface area contributed by atoms with Crippen LogP contribution in [-0.2, 0) is 4.79 Å². The van der Waals surface area contributed by atoms with Gasteiger partial charge in [0.1, 0.15) is 11.5 Å². The van der Waals surface area contributed by atoms with Crippen LogP contribution in [0.15, 0.2) is 42.5 Å². The first-order valence-corrected chi connectivity index (χ1v) is 9.39. The van der Waals surface area contributed by atoms with Crippen molar-refractivity contribution in [2.24, 2.45) is 0 Å². The van der Waals surface area contributed by atoms with Crippen molar-refractivity contribution in [2.45, 2.75) is 26.9 Å². The molecule has 27 heavy (non-hydrogen) atoms. The summed E-state index contributed by atoms with van der Waals surface area (Å²) in [6.07, 6.45) is -0.487. The van der Waals surface area contributed by atoms with E-state index < -0.39 is 6.10 Å². The quantitative estimate of drug-likeness (QED) is 0.811. The molecule has 1 heterocycles. The zero-order valence-corrected chi connectivity index (χ0v) is 16.6. The number of hydrogen-bond donors (Lipinski definition) is 0. The number of methoxy groups -OCH3 is 1. The molecule has 0 radical (unpaired) electrons. The third-order valence-electron chi connectivity index (χ3n) is 4.88. The van der Waals surface area contributed by atoms with E-state index in [1.807, 2.05) is 49.9 Å². The normalized spacial score (nSPS) is 15.4. The van der Waals surface area contributed by atoms with E-state index >= 15 is 0 Å². The topological polar surface area (TPSA) is 42.0 Å². The van der Waals surface area contributed by atoms with Crippen LogP contribution >= 0.6 is 0 Å². The summed E-state index contributed by atoms with van der Waals surface area (Å²) >= 11 is 0. The SMILES string of the molecule is COc1ccc(N2CCN(C(=O)[C@@H](C)Oc3cc(C)cc(C)c3)CC2)cc1. The van der Waals surface area contributed by atoms with E-state index in [2.05, 4.69) is 23.1 Å². The number of benzene rings is 2. The lowest BCUT2D eigenvalue weighted by molar-refractivity contribution is -0.138. The summed E-state index contributed by atoms with van der Waals surface area (Å²) < 4.78 is 11.1. The van der Waals surface area contributed by atoms with E-state index in [9.17, 15) is 4.79 Å². The van der Waals surface area contributed by atoms with Crippen molar-refractivity contribution in [1.29, 1.82) is 0 Å². The van der Waals surface area contributed by atoms with Gasteiger partial charge in [-0.2, -0.15) is 0 Å². The largest absolute Gasteiger partial charge is 0.497 e. The number of piperazine rings is 1. The summed E-state index contributed by atoms with van der Waals surface area (Å²) in [4.78, 5) is 17.0. The maximum absolute atomic E-state index is 12.8. The maximum atomic E-state index is 12.8. The van der Waals surface area contributed by atoms with Gasteiger partial charge in [0.25, 0.3) is 5.91 Å². The van der Waals surface area contributed by atoms with Crippen molar-refractivity contribution in [3.8, 4) is 11.5 Å².